The Balaban J connectivity index is 1.66. The summed E-state index contributed by atoms with van der Waals surface area (Å²) in [5.74, 6) is -1.47. The molecule has 3 aromatic rings. The number of nitrogens with two attached hydrogens (primary N) is 1. The van der Waals surface area contributed by atoms with Crippen molar-refractivity contribution in [3.05, 3.63) is 46.8 Å². The van der Waals surface area contributed by atoms with Crippen molar-refractivity contribution in [3.63, 3.8) is 0 Å². The molecule has 0 radical (unpaired) electrons. The van der Waals surface area contributed by atoms with Crippen LogP contribution in [0.1, 0.15) is 50.5 Å². The quantitative estimate of drug-likeness (QED) is 0.397. The van der Waals surface area contributed by atoms with Crippen LogP contribution < -0.4 is 16.0 Å². The molecular weight excluding hydrogens is 509 g/mol. The van der Waals surface area contributed by atoms with Crippen molar-refractivity contribution < 1.29 is 28.6 Å². The van der Waals surface area contributed by atoms with E-state index in [-0.39, 0.29) is 47.4 Å². The van der Waals surface area contributed by atoms with E-state index in [2.05, 4.69) is 15.4 Å². The topological polar surface area (TPSA) is 155 Å². The first-order valence-corrected chi connectivity index (χ1v) is 12.6. The number of aliphatic hydroxyl groups is 1. The first-order valence-electron chi connectivity index (χ1n) is 12.6. The summed E-state index contributed by atoms with van der Waals surface area (Å²) in [5.41, 5.74) is 7.16. The van der Waals surface area contributed by atoms with Gasteiger partial charge in [-0.15, -0.1) is 0 Å². The van der Waals surface area contributed by atoms with Gasteiger partial charge in [0.2, 0.25) is 0 Å². The largest absolute Gasteiger partial charge is 0.387 e. The molecule has 4 N–H and O–H groups in total. The second-order valence-electron chi connectivity index (χ2n) is 10.2. The van der Waals surface area contributed by atoms with Gasteiger partial charge in [0.25, 0.3) is 17.7 Å². The number of hydrogen-bond donors (Lipinski definition) is 3. The smallest absolute Gasteiger partial charge is 0.254 e. The second kappa shape index (κ2) is 9.89. The van der Waals surface area contributed by atoms with E-state index in [1.54, 1.807) is 12.1 Å². The number of halogens is 1. The fourth-order valence-electron chi connectivity index (χ4n) is 4.84. The van der Waals surface area contributed by atoms with E-state index in [4.69, 9.17) is 10.5 Å². The lowest BCUT2D eigenvalue weighted by molar-refractivity contribution is -0.0159. The molecule has 13 heteroatoms. The van der Waals surface area contributed by atoms with Gasteiger partial charge in [-0.1, -0.05) is 0 Å². The highest BCUT2D eigenvalue weighted by molar-refractivity contribution is 6.07. The van der Waals surface area contributed by atoms with E-state index in [0.717, 1.165) is 0 Å². The number of rotatable bonds is 7. The number of benzene rings is 1. The Labute approximate surface area is 223 Å². The van der Waals surface area contributed by atoms with Crippen molar-refractivity contribution >= 4 is 29.1 Å². The number of anilines is 1. The molecule has 1 atom stereocenters. The van der Waals surface area contributed by atoms with Crippen LogP contribution in [0.15, 0.2) is 24.5 Å². The normalized spacial score (nSPS) is 16.5. The van der Waals surface area contributed by atoms with Crippen molar-refractivity contribution in [3.8, 4) is 11.3 Å². The summed E-state index contributed by atoms with van der Waals surface area (Å²) >= 11 is 0. The number of carbonyl (C=O) groups excluding carboxylic acids is 3. The Morgan fingerprint density at radius 1 is 1.26 bits per heavy atom. The van der Waals surface area contributed by atoms with Gasteiger partial charge in [-0.3, -0.25) is 14.4 Å². The number of morpholine rings is 1. The van der Waals surface area contributed by atoms with Crippen molar-refractivity contribution in [2.24, 2.45) is 5.73 Å². The number of primary amides is 1. The number of ether oxygens (including phenoxy) is 1. The maximum atomic E-state index is 14.7. The second-order valence-corrected chi connectivity index (χ2v) is 10.2. The van der Waals surface area contributed by atoms with Crippen LogP contribution in [0.25, 0.3) is 16.9 Å². The van der Waals surface area contributed by atoms with Crippen molar-refractivity contribution in [2.75, 3.05) is 44.8 Å². The number of amides is 3. The predicted octanol–water partition coefficient (Wildman–Crippen LogP) is 0.756. The highest BCUT2D eigenvalue weighted by Crippen LogP contribution is 2.39. The van der Waals surface area contributed by atoms with Crippen LogP contribution in [0.2, 0.25) is 0 Å². The SMILES string of the molecule is CNC(=O)c1cnc2c(C(N)=O)c(-c3cc4c(cc3N3CCOCC3)C(=O)N(C[C@@H](F)C(C)(C)O)C4)nn2c1. The molecule has 2 aromatic heterocycles. The third-order valence-corrected chi connectivity index (χ3v) is 7.06. The Morgan fingerprint density at radius 3 is 2.62 bits per heavy atom. The van der Waals surface area contributed by atoms with Crippen LogP contribution in [-0.4, -0.2) is 94.0 Å². The third kappa shape index (κ3) is 4.79. The van der Waals surface area contributed by atoms with E-state index in [1.807, 2.05) is 4.90 Å². The lowest BCUT2D eigenvalue weighted by Crippen LogP contribution is -2.42. The Morgan fingerprint density at radius 2 is 1.97 bits per heavy atom. The van der Waals surface area contributed by atoms with Gasteiger partial charge in [-0.2, -0.15) is 5.10 Å². The van der Waals surface area contributed by atoms with Crippen LogP contribution in [-0.2, 0) is 11.3 Å². The number of nitrogens with zero attached hydrogens (tertiary/aromatic N) is 5. The lowest BCUT2D eigenvalue weighted by atomic mass is 9.98. The number of hydrogen-bond acceptors (Lipinski definition) is 8. The molecule has 0 saturated carbocycles. The highest BCUT2D eigenvalue weighted by Gasteiger charge is 2.36. The summed E-state index contributed by atoms with van der Waals surface area (Å²) in [5, 5.41) is 17.2. The number of fused-ring (bicyclic) bond motifs is 2. The van der Waals surface area contributed by atoms with Gasteiger partial charge in [-0.25, -0.2) is 13.9 Å². The minimum atomic E-state index is -1.64. The average molecular weight is 540 g/mol. The van der Waals surface area contributed by atoms with Gasteiger partial charge in [0.1, 0.15) is 17.4 Å². The first-order chi connectivity index (χ1) is 18.5. The van der Waals surface area contributed by atoms with Gasteiger partial charge >= 0.3 is 0 Å². The molecule has 4 heterocycles. The van der Waals surface area contributed by atoms with E-state index >= 15 is 0 Å². The summed E-state index contributed by atoms with van der Waals surface area (Å²) in [6, 6.07) is 3.50. The molecular formula is C26H30FN7O5. The van der Waals surface area contributed by atoms with Crippen LogP contribution in [0.3, 0.4) is 0 Å². The van der Waals surface area contributed by atoms with Gasteiger partial charge in [0, 0.05) is 55.9 Å². The molecule has 5 rings (SSSR count). The molecule has 0 unspecified atom stereocenters. The van der Waals surface area contributed by atoms with E-state index in [9.17, 15) is 23.9 Å². The van der Waals surface area contributed by atoms with Crippen LogP contribution in [0.4, 0.5) is 10.1 Å². The van der Waals surface area contributed by atoms with Gasteiger partial charge < -0.3 is 30.7 Å². The molecule has 0 aliphatic carbocycles. The summed E-state index contributed by atoms with van der Waals surface area (Å²) in [7, 11) is 1.49. The van der Waals surface area contributed by atoms with Crippen LogP contribution in [0.5, 0.6) is 0 Å². The third-order valence-electron chi connectivity index (χ3n) is 7.06. The minimum Gasteiger partial charge on any atom is -0.387 e. The fraction of sp³-hybridized carbons (Fsp3) is 0.423. The average Bonchev–Trinajstić information content (AvgIpc) is 3.44. The summed E-state index contributed by atoms with van der Waals surface area (Å²) in [6.45, 7) is 4.58. The van der Waals surface area contributed by atoms with E-state index in [1.165, 1.54) is 42.7 Å². The number of alkyl halides is 1. The fourth-order valence-corrected chi connectivity index (χ4v) is 4.84. The zero-order valence-corrected chi connectivity index (χ0v) is 21.9. The van der Waals surface area contributed by atoms with Crippen molar-refractivity contribution in [1.29, 1.82) is 0 Å². The summed E-state index contributed by atoms with van der Waals surface area (Å²) in [6.07, 6.45) is 1.15. The molecule has 3 amide bonds. The van der Waals surface area contributed by atoms with Crippen molar-refractivity contribution in [2.45, 2.75) is 32.2 Å². The number of aromatic nitrogens is 3. The monoisotopic (exact) mass is 539 g/mol. The molecule has 12 nitrogen and oxygen atoms in total. The molecule has 1 fully saturated rings. The van der Waals surface area contributed by atoms with Crippen molar-refractivity contribution in [1.82, 2.24) is 24.8 Å². The standard InChI is InChI=1S/C26H30FN7O5/c1-26(2,38)19(27)13-33-11-14-8-17(18(9-16(14)25(33)37)32-4-6-39-7-5-32)21-20(22(28)35)23-30-10-15(24(36)29-3)12-34(23)31-21/h8-10,12,19,38H,4-7,11,13H2,1-3H3,(H2,28,35)(H,29,36)/t19-/m1/s1. The Hall–Kier alpha value is -4.10. The maximum absolute atomic E-state index is 14.7. The summed E-state index contributed by atoms with van der Waals surface area (Å²) < 4.78 is 21.5. The molecule has 206 valence electrons. The predicted molar refractivity (Wildman–Crippen MR) is 139 cm³/mol. The van der Waals surface area contributed by atoms with Crippen LogP contribution in [0, 0.1) is 0 Å². The minimum absolute atomic E-state index is 0.0694. The molecule has 0 bridgehead atoms. The molecule has 2 aliphatic rings. The van der Waals surface area contributed by atoms with Crippen LogP contribution >= 0.6 is 0 Å². The first kappa shape index (κ1) is 26.5. The number of nitrogens with one attached hydrogen (secondary N) is 1. The zero-order chi connectivity index (χ0) is 28.1. The van der Waals surface area contributed by atoms with Gasteiger partial charge in [0.15, 0.2) is 5.65 Å². The zero-order valence-electron chi connectivity index (χ0n) is 21.9. The van der Waals surface area contributed by atoms with E-state index < -0.39 is 17.7 Å². The highest BCUT2D eigenvalue weighted by atomic mass is 19.1. The Bertz CT molecular complexity index is 1480. The number of carbonyl (C=O) groups is 3. The van der Waals surface area contributed by atoms with Gasteiger partial charge in [0.05, 0.1) is 30.9 Å². The van der Waals surface area contributed by atoms with Gasteiger partial charge in [-0.05, 0) is 31.5 Å². The molecule has 1 saturated heterocycles. The summed E-state index contributed by atoms with van der Waals surface area (Å²) in [4.78, 5) is 45.8. The molecule has 1 aromatic carbocycles. The lowest BCUT2D eigenvalue weighted by Gasteiger charge is -2.31. The Kier molecular flexibility index (Phi) is 6.72. The molecule has 2 aliphatic heterocycles. The van der Waals surface area contributed by atoms with E-state index in [0.29, 0.717) is 48.7 Å². The molecule has 0 spiro atoms. The maximum Gasteiger partial charge on any atom is 0.254 e. The molecule has 39 heavy (non-hydrogen) atoms.